The van der Waals surface area contributed by atoms with Crippen molar-refractivity contribution in [3.05, 3.63) is 64.8 Å². The number of likely N-dealkylation sites (tertiary alicyclic amines) is 1. The predicted molar refractivity (Wildman–Crippen MR) is 111 cm³/mol. The monoisotopic (exact) mass is 405 g/mol. The van der Waals surface area contributed by atoms with Crippen LogP contribution < -0.4 is 10.5 Å². The Balaban J connectivity index is 1.31. The SMILES string of the molecule is O=C(c1cnn(-c2ccccc2)n1)N1CCC[C@@H](n2ncc(N3CCC3)cc2=O)C1. The van der Waals surface area contributed by atoms with Gasteiger partial charge in [-0.3, -0.25) is 9.59 Å². The van der Waals surface area contributed by atoms with E-state index in [1.54, 1.807) is 17.2 Å². The van der Waals surface area contributed by atoms with Crippen LogP contribution in [0.5, 0.6) is 0 Å². The number of anilines is 1. The van der Waals surface area contributed by atoms with Crippen molar-refractivity contribution < 1.29 is 4.79 Å². The number of rotatable bonds is 4. The molecule has 0 unspecified atom stereocenters. The minimum atomic E-state index is -0.174. The third kappa shape index (κ3) is 3.47. The number of carbonyl (C=O) groups is 1. The Hall–Kier alpha value is -3.49. The maximum Gasteiger partial charge on any atom is 0.276 e. The normalized spacial score (nSPS) is 18.9. The van der Waals surface area contributed by atoms with Crippen molar-refractivity contribution in [2.24, 2.45) is 0 Å². The fraction of sp³-hybridized carbons (Fsp3) is 0.381. The van der Waals surface area contributed by atoms with Crippen LogP contribution in [0, 0.1) is 0 Å². The van der Waals surface area contributed by atoms with Crippen LogP contribution in [0.4, 0.5) is 5.69 Å². The van der Waals surface area contributed by atoms with E-state index in [0.717, 1.165) is 43.7 Å². The molecule has 2 aromatic heterocycles. The highest BCUT2D eigenvalue weighted by Gasteiger charge is 2.28. The van der Waals surface area contributed by atoms with Gasteiger partial charge in [0.05, 0.1) is 29.8 Å². The first-order valence-corrected chi connectivity index (χ1v) is 10.3. The molecular formula is C21H23N7O2. The second kappa shape index (κ2) is 7.74. The minimum absolute atomic E-state index is 0.117. The summed E-state index contributed by atoms with van der Waals surface area (Å²) in [6, 6.07) is 11.0. The Bertz CT molecular complexity index is 1100. The van der Waals surface area contributed by atoms with Crippen molar-refractivity contribution in [3.8, 4) is 5.69 Å². The smallest absolute Gasteiger partial charge is 0.276 e. The van der Waals surface area contributed by atoms with Gasteiger partial charge in [0.1, 0.15) is 0 Å². The number of aromatic nitrogens is 5. The summed E-state index contributed by atoms with van der Waals surface area (Å²) >= 11 is 0. The molecule has 5 rings (SSSR count). The van der Waals surface area contributed by atoms with Gasteiger partial charge in [0.25, 0.3) is 11.5 Å². The molecule has 0 bridgehead atoms. The zero-order valence-corrected chi connectivity index (χ0v) is 16.6. The minimum Gasteiger partial charge on any atom is -0.370 e. The van der Waals surface area contributed by atoms with E-state index >= 15 is 0 Å². The third-order valence-electron chi connectivity index (χ3n) is 5.76. The molecule has 9 heteroatoms. The predicted octanol–water partition coefficient (Wildman–Crippen LogP) is 1.51. The maximum absolute atomic E-state index is 13.0. The van der Waals surface area contributed by atoms with Crippen molar-refractivity contribution in [1.82, 2.24) is 29.7 Å². The number of piperidine rings is 1. The van der Waals surface area contributed by atoms with Crippen LogP contribution in [-0.2, 0) is 0 Å². The van der Waals surface area contributed by atoms with E-state index in [1.807, 2.05) is 30.3 Å². The molecule has 2 saturated heterocycles. The summed E-state index contributed by atoms with van der Waals surface area (Å²) in [6.07, 6.45) is 6.03. The summed E-state index contributed by atoms with van der Waals surface area (Å²) in [5.74, 6) is -0.174. The second-order valence-corrected chi connectivity index (χ2v) is 7.74. The van der Waals surface area contributed by atoms with Crippen molar-refractivity contribution in [3.63, 3.8) is 0 Å². The van der Waals surface area contributed by atoms with Gasteiger partial charge in [0.2, 0.25) is 0 Å². The molecule has 3 aromatic rings. The Labute approximate surface area is 173 Å². The quantitative estimate of drug-likeness (QED) is 0.654. The largest absolute Gasteiger partial charge is 0.370 e. The third-order valence-corrected chi connectivity index (χ3v) is 5.76. The molecule has 2 fully saturated rings. The summed E-state index contributed by atoms with van der Waals surface area (Å²) in [6.45, 7) is 3.02. The van der Waals surface area contributed by atoms with E-state index in [9.17, 15) is 9.59 Å². The molecule has 2 aliphatic rings. The summed E-state index contributed by atoms with van der Waals surface area (Å²) in [4.78, 5) is 31.0. The zero-order valence-electron chi connectivity index (χ0n) is 16.6. The number of hydrogen-bond acceptors (Lipinski definition) is 6. The lowest BCUT2D eigenvalue weighted by molar-refractivity contribution is 0.0663. The van der Waals surface area contributed by atoms with Gasteiger partial charge in [-0.25, -0.2) is 4.68 Å². The van der Waals surface area contributed by atoms with E-state index in [4.69, 9.17) is 0 Å². The number of para-hydroxylation sites is 1. The molecule has 0 radical (unpaired) electrons. The van der Waals surface area contributed by atoms with Gasteiger partial charge < -0.3 is 9.80 Å². The van der Waals surface area contributed by atoms with E-state index < -0.39 is 0 Å². The highest BCUT2D eigenvalue weighted by Crippen LogP contribution is 2.22. The van der Waals surface area contributed by atoms with Crippen LogP contribution in [-0.4, -0.2) is 61.8 Å². The molecule has 1 amide bonds. The first-order valence-electron chi connectivity index (χ1n) is 10.3. The van der Waals surface area contributed by atoms with Crippen LogP contribution in [0.25, 0.3) is 5.69 Å². The average Bonchev–Trinajstić information content (AvgIpc) is 3.23. The van der Waals surface area contributed by atoms with Crippen LogP contribution in [0.15, 0.2) is 53.6 Å². The number of hydrogen-bond donors (Lipinski definition) is 0. The van der Waals surface area contributed by atoms with Crippen molar-refractivity contribution in [2.45, 2.75) is 25.3 Å². The maximum atomic E-state index is 13.0. The molecule has 154 valence electrons. The van der Waals surface area contributed by atoms with Crippen molar-refractivity contribution in [2.75, 3.05) is 31.1 Å². The Kier molecular flexibility index (Phi) is 4.78. The van der Waals surface area contributed by atoms with Crippen LogP contribution in [0.1, 0.15) is 35.8 Å². The molecule has 0 aliphatic carbocycles. The van der Waals surface area contributed by atoms with Gasteiger partial charge in [-0.15, -0.1) is 5.10 Å². The Morgan fingerprint density at radius 2 is 1.80 bits per heavy atom. The highest BCUT2D eigenvalue weighted by molar-refractivity contribution is 5.92. The molecule has 1 atom stereocenters. The first kappa shape index (κ1) is 18.5. The van der Waals surface area contributed by atoms with Gasteiger partial charge in [-0.1, -0.05) is 18.2 Å². The van der Waals surface area contributed by atoms with Gasteiger partial charge in [0, 0.05) is 32.2 Å². The molecule has 0 spiro atoms. The van der Waals surface area contributed by atoms with Gasteiger partial charge >= 0.3 is 0 Å². The fourth-order valence-electron chi connectivity index (χ4n) is 3.98. The molecule has 30 heavy (non-hydrogen) atoms. The van der Waals surface area contributed by atoms with Crippen molar-refractivity contribution in [1.29, 1.82) is 0 Å². The lowest BCUT2D eigenvalue weighted by Crippen LogP contribution is -2.44. The first-order chi connectivity index (χ1) is 14.7. The van der Waals surface area contributed by atoms with Crippen LogP contribution in [0.2, 0.25) is 0 Å². The molecule has 1 aromatic carbocycles. The molecule has 4 heterocycles. The Morgan fingerprint density at radius 3 is 2.53 bits per heavy atom. The summed E-state index contributed by atoms with van der Waals surface area (Å²) in [5, 5.41) is 13.0. The number of carbonyl (C=O) groups excluding carboxylic acids is 1. The second-order valence-electron chi connectivity index (χ2n) is 7.74. The van der Waals surface area contributed by atoms with E-state index in [2.05, 4.69) is 20.2 Å². The highest BCUT2D eigenvalue weighted by atomic mass is 16.2. The van der Waals surface area contributed by atoms with Crippen LogP contribution in [0.3, 0.4) is 0 Å². The van der Waals surface area contributed by atoms with Crippen LogP contribution >= 0.6 is 0 Å². The summed E-state index contributed by atoms with van der Waals surface area (Å²) in [7, 11) is 0. The number of nitrogens with zero attached hydrogens (tertiary/aromatic N) is 7. The molecular weight excluding hydrogens is 382 g/mol. The standard InChI is InChI=1S/C21H23N7O2/c29-20-12-18(25-10-5-11-25)13-22-27(20)17-8-4-9-26(15-17)21(30)19-14-23-28(24-19)16-6-2-1-3-7-16/h1-3,6-7,12-14,17H,4-5,8-11,15H2/t17-/m1/s1. The van der Waals surface area contributed by atoms with Gasteiger partial charge in [-0.05, 0) is 31.4 Å². The number of benzene rings is 1. The topological polar surface area (TPSA) is 89.2 Å². The lowest BCUT2D eigenvalue weighted by atomic mass is 10.1. The van der Waals surface area contributed by atoms with Gasteiger partial charge in [0.15, 0.2) is 5.69 Å². The van der Waals surface area contributed by atoms with Crippen molar-refractivity contribution >= 4 is 11.6 Å². The van der Waals surface area contributed by atoms with E-state index in [1.165, 1.54) is 15.7 Å². The summed E-state index contributed by atoms with van der Waals surface area (Å²) in [5.41, 5.74) is 1.86. The van der Waals surface area contributed by atoms with E-state index in [0.29, 0.717) is 18.8 Å². The number of amides is 1. The molecule has 0 N–H and O–H groups in total. The fourth-order valence-corrected chi connectivity index (χ4v) is 3.98. The van der Waals surface area contributed by atoms with Gasteiger partial charge in [-0.2, -0.15) is 15.0 Å². The average molecular weight is 405 g/mol. The van der Waals surface area contributed by atoms with E-state index in [-0.39, 0.29) is 17.5 Å². The Morgan fingerprint density at radius 1 is 0.967 bits per heavy atom. The molecule has 9 nitrogen and oxygen atoms in total. The zero-order chi connectivity index (χ0) is 20.5. The summed E-state index contributed by atoms with van der Waals surface area (Å²) < 4.78 is 1.52. The lowest BCUT2D eigenvalue weighted by Gasteiger charge is -2.34. The molecule has 2 aliphatic heterocycles. The molecule has 0 saturated carbocycles.